The van der Waals surface area contributed by atoms with E-state index in [1.807, 2.05) is 24.3 Å². The number of aromatic nitrogens is 2. The Morgan fingerprint density at radius 3 is 2.62 bits per heavy atom. The van der Waals surface area contributed by atoms with Crippen LogP contribution in [0.3, 0.4) is 0 Å². The Labute approximate surface area is 98.3 Å². The predicted molar refractivity (Wildman–Crippen MR) is 63.8 cm³/mol. The Hall–Kier alpha value is -1.55. The molecule has 4 heteroatoms. The Morgan fingerprint density at radius 2 is 2.06 bits per heavy atom. The molecule has 2 aromatic rings. The van der Waals surface area contributed by atoms with Gasteiger partial charge in [0, 0.05) is 5.56 Å². The summed E-state index contributed by atoms with van der Waals surface area (Å²) in [5.74, 6) is -0.00181. The molecule has 2 rings (SSSR count). The molecule has 0 amide bonds. The molecule has 0 bridgehead atoms. The molecule has 0 aliphatic heterocycles. The van der Waals surface area contributed by atoms with E-state index >= 15 is 0 Å². The molecule has 0 aliphatic carbocycles. The van der Waals surface area contributed by atoms with Crippen LogP contribution in [0.4, 0.5) is 0 Å². The van der Waals surface area contributed by atoms with Gasteiger partial charge in [-0.05, 0) is 23.5 Å². The van der Waals surface area contributed by atoms with Gasteiger partial charge in [0.1, 0.15) is 4.88 Å². The minimum Gasteiger partial charge on any atom is -0.288 e. The summed E-state index contributed by atoms with van der Waals surface area (Å²) in [5, 5.41) is 3.66. The van der Waals surface area contributed by atoms with Gasteiger partial charge in [-0.15, -0.1) is 5.10 Å². The molecular formula is C12H12N2OS. The monoisotopic (exact) mass is 232 g/mol. The minimum absolute atomic E-state index is 0.00181. The molecule has 1 heterocycles. The fourth-order valence-electron chi connectivity index (χ4n) is 1.52. The highest BCUT2D eigenvalue weighted by Gasteiger charge is 2.10. The molecule has 0 fully saturated rings. The molecule has 16 heavy (non-hydrogen) atoms. The van der Waals surface area contributed by atoms with Crippen LogP contribution < -0.4 is 0 Å². The maximum Gasteiger partial charge on any atom is 0.206 e. The summed E-state index contributed by atoms with van der Waals surface area (Å²) in [4.78, 5) is 12.5. The Bertz CT molecular complexity index is 462. The standard InChI is InChI=1S/C12H12N2OS/c1-2-3-9-4-6-10(7-5-9)12(15)11-8-13-14-16-11/h4-8H,2-3H2,1H3. The summed E-state index contributed by atoms with van der Waals surface area (Å²) < 4.78 is 3.69. The van der Waals surface area contributed by atoms with Gasteiger partial charge in [0.25, 0.3) is 0 Å². The Balaban J connectivity index is 2.19. The number of benzene rings is 1. The van der Waals surface area contributed by atoms with Crippen LogP contribution in [0, 0.1) is 0 Å². The van der Waals surface area contributed by atoms with Crippen LogP contribution in [-0.2, 0) is 6.42 Å². The van der Waals surface area contributed by atoms with E-state index < -0.39 is 0 Å². The van der Waals surface area contributed by atoms with Gasteiger partial charge in [-0.25, -0.2) is 0 Å². The quantitative estimate of drug-likeness (QED) is 0.761. The minimum atomic E-state index is -0.00181. The van der Waals surface area contributed by atoms with Crippen LogP contribution in [0.5, 0.6) is 0 Å². The van der Waals surface area contributed by atoms with Crippen molar-refractivity contribution in [2.75, 3.05) is 0 Å². The maximum absolute atomic E-state index is 11.9. The van der Waals surface area contributed by atoms with E-state index in [4.69, 9.17) is 0 Å². The van der Waals surface area contributed by atoms with Gasteiger partial charge in [-0.3, -0.25) is 4.79 Å². The van der Waals surface area contributed by atoms with Gasteiger partial charge in [0.15, 0.2) is 0 Å². The van der Waals surface area contributed by atoms with Crippen molar-refractivity contribution in [2.24, 2.45) is 0 Å². The van der Waals surface area contributed by atoms with E-state index in [-0.39, 0.29) is 5.78 Å². The van der Waals surface area contributed by atoms with Crippen molar-refractivity contribution in [1.29, 1.82) is 0 Å². The molecule has 0 unspecified atom stereocenters. The largest absolute Gasteiger partial charge is 0.288 e. The second kappa shape index (κ2) is 4.99. The van der Waals surface area contributed by atoms with E-state index in [0.29, 0.717) is 10.4 Å². The first-order chi connectivity index (χ1) is 7.81. The third-order valence-electron chi connectivity index (χ3n) is 2.34. The molecular weight excluding hydrogens is 220 g/mol. The second-order valence-electron chi connectivity index (χ2n) is 3.56. The molecule has 0 saturated carbocycles. The molecule has 0 N–H and O–H groups in total. The van der Waals surface area contributed by atoms with Crippen molar-refractivity contribution in [3.8, 4) is 0 Å². The van der Waals surface area contributed by atoms with E-state index in [2.05, 4.69) is 16.5 Å². The third-order valence-corrected chi connectivity index (χ3v) is 3.00. The van der Waals surface area contributed by atoms with Gasteiger partial charge in [-0.1, -0.05) is 42.1 Å². The molecule has 0 atom stereocenters. The zero-order valence-electron chi connectivity index (χ0n) is 9.01. The topological polar surface area (TPSA) is 42.9 Å². The smallest absolute Gasteiger partial charge is 0.206 e. The van der Waals surface area contributed by atoms with Gasteiger partial charge in [-0.2, -0.15) is 0 Å². The SMILES string of the molecule is CCCc1ccc(C(=O)c2cnns2)cc1. The van der Waals surface area contributed by atoms with Crippen molar-refractivity contribution >= 4 is 17.3 Å². The lowest BCUT2D eigenvalue weighted by atomic mass is 10.1. The number of ketones is 1. The lowest BCUT2D eigenvalue weighted by molar-refractivity contribution is 0.104. The second-order valence-corrected chi connectivity index (χ2v) is 4.34. The average Bonchev–Trinajstić information content (AvgIpc) is 2.83. The van der Waals surface area contributed by atoms with Crippen LogP contribution >= 0.6 is 11.5 Å². The maximum atomic E-state index is 11.9. The number of carbonyl (C=O) groups excluding carboxylic acids is 1. The zero-order chi connectivity index (χ0) is 11.4. The lowest BCUT2D eigenvalue weighted by Gasteiger charge is -2.00. The van der Waals surface area contributed by atoms with Gasteiger partial charge in [0.2, 0.25) is 5.78 Å². The van der Waals surface area contributed by atoms with Crippen molar-refractivity contribution in [2.45, 2.75) is 19.8 Å². The fourth-order valence-corrected chi connectivity index (χ4v) is 2.00. The van der Waals surface area contributed by atoms with Gasteiger partial charge in [0.05, 0.1) is 6.20 Å². The zero-order valence-corrected chi connectivity index (χ0v) is 9.83. The van der Waals surface area contributed by atoms with Gasteiger partial charge >= 0.3 is 0 Å². The Kier molecular flexibility index (Phi) is 3.41. The molecule has 0 saturated heterocycles. The van der Waals surface area contributed by atoms with Crippen LogP contribution in [0.15, 0.2) is 30.5 Å². The van der Waals surface area contributed by atoms with E-state index in [1.54, 1.807) is 0 Å². The summed E-state index contributed by atoms with van der Waals surface area (Å²) >= 11 is 1.13. The Morgan fingerprint density at radius 1 is 1.31 bits per heavy atom. The van der Waals surface area contributed by atoms with Crippen molar-refractivity contribution in [3.63, 3.8) is 0 Å². The summed E-state index contributed by atoms with van der Waals surface area (Å²) in [6.45, 7) is 2.14. The average molecular weight is 232 g/mol. The highest BCUT2D eigenvalue weighted by molar-refractivity contribution is 7.08. The molecule has 0 radical (unpaired) electrons. The van der Waals surface area contributed by atoms with E-state index in [1.165, 1.54) is 11.8 Å². The number of carbonyl (C=O) groups is 1. The number of rotatable bonds is 4. The molecule has 82 valence electrons. The lowest BCUT2D eigenvalue weighted by Crippen LogP contribution is -1.98. The first-order valence-electron chi connectivity index (χ1n) is 5.22. The van der Waals surface area contributed by atoms with Crippen LogP contribution in [0.1, 0.15) is 34.1 Å². The first kappa shape index (κ1) is 11.0. The molecule has 0 aliphatic rings. The van der Waals surface area contributed by atoms with Crippen molar-refractivity contribution in [3.05, 3.63) is 46.5 Å². The summed E-state index contributed by atoms with van der Waals surface area (Å²) in [6, 6.07) is 7.75. The summed E-state index contributed by atoms with van der Waals surface area (Å²) in [5.41, 5.74) is 1.97. The number of hydrogen-bond acceptors (Lipinski definition) is 4. The molecule has 0 spiro atoms. The summed E-state index contributed by atoms with van der Waals surface area (Å²) in [7, 11) is 0. The van der Waals surface area contributed by atoms with Crippen molar-refractivity contribution < 1.29 is 4.79 Å². The van der Waals surface area contributed by atoms with E-state index in [0.717, 1.165) is 24.4 Å². The van der Waals surface area contributed by atoms with Crippen LogP contribution in [-0.4, -0.2) is 15.4 Å². The third kappa shape index (κ3) is 2.33. The molecule has 1 aromatic carbocycles. The van der Waals surface area contributed by atoms with Crippen LogP contribution in [0.2, 0.25) is 0 Å². The van der Waals surface area contributed by atoms with Crippen LogP contribution in [0.25, 0.3) is 0 Å². The van der Waals surface area contributed by atoms with Gasteiger partial charge < -0.3 is 0 Å². The molecule has 1 aromatic heterocycles. The first-order valence-corrected chi connectivity index (χ1v) is 5.99. The number of nitrogens with zero attached hydrogens (tertiary/aromatic N) is 2. The predicted octanol–water partition coefficient (Wildman–Crippen LogP) is 2.72. The number of aryl methyl sites for hydroxylation is 1. The van der Waals surface area contributed by atoms with E-state index in [9.17, 15) is 4.79 Å². The molecule has 3 nitrogen and oxygen atoms in total. The number of hydrogen-bond donors (Lipinski definition) is 0. The normalized spacial score (nSPS) is 10.3. The highest BCUT2D eigenvalue weighted by Crippen LogP contribution is 2.13. The fraction of sp³-hybridized carbons (Fsp3) is 0.250. The summed E-state index contributed by atoms with van der Waals surface area (Å²) in [6.07, 6.45) is 3.68. The van der Waals surface area contributed by atoms with Crippen molar-refractivity contribution in [1.82, 2.24) is 9.59 Å². The highest BCUT2D eigenvalue weighted by atomic mass is 32.1.